The third kappa shape index (κ3) is 5.40. The Morgan fingerprint density at radius 3 is 2.94 bits per heavy atom. The Labute approximate surface area is 195 Å². The van der Waals surface area contributed by atoms with Gasteiger partial charge in [-0.2, -0.15) is 5.10 Å². The maximum Gasteiger partial charge on any atom is 0.280 e. The third-order valence-corrected chi connectivity index (χ3v) is 5.54. The maximum atomic E-state index is 13.8. The molecule has 11 heteroatoms. The van der Waals surface area contributed by atoms with E-state index in [0.717, 1.165) is 19.0 Å². The van der Waals surface area contributed by atoms with Crippen molar-refractivity contribution in [1.29, 1.82) is 0 Å². The monoisotopic (exact) mass is 476 g/mol. The molecule has 1 fully saturated rings. The number of fused-ring (bicyclic) bond motifs is 1. The average Bonchev–Trinajstić information content (AvgIpc) is 3.41. The van der Waals surface area contributed by atoms with E-state index < -0.39 is 11.7 Å². The van der Waals surface area contributed by atoms with Gasteiger partial charge in [-0.05, 0) is 45.7 Å². The molecule has 1 atom stereocenters. The second-order valence-corrected chi connectivity index (χ2v) is 9.10. The molecule has 0 bridgehead atoms. The lowest BCUT2D eigenvalue weighted by Gasteiger charge is -2.26. The number of hydroxylamine groups is 1. The van der Waals surface area contributed by atoms with Crippen LogP contribution in [0.1, 0.15) is 55.6 Å². The lowest BCUT2D eigenvalue weighted by molar-refractivity contribution is -0.0511. The molecule has 0 spiro atoms. The van der Waals surface area contributed by atoms with E-state index in [9.17, 15) is 9.18 Å². The zero-order chi connectivity index (χ0) is 23.6. The molecule has 1 amide bonds. The second kappa shape index (κ2) is 9.58. The van der Waals surface area contributed by atoms with Crippen molar-refractivity contribution in [2.24, 2.45) is 0 Å². The Hall–Kier alpha value is -2.82. The number of aromatic nitrogens is 4. The quantitative estimate of drug-likeness (QED) is 0.315. The van der Waals surface area contributed by atoms with Crippen LogP contribution < -0.4 is 10.4 Å². The van der Waals surface area contributed by atoms with Gasteiger partial charge in [-0.3, -0.25) is 9.63 Å². The topological polar surface area (TPSA) is 93.9 Å². The molecule has 0 radical (unpaired) electrons. The summed E-state index contributed by atoms with van der Waals surface area (Å²) >= 11 is 6.25. The van der Waals surface area contributed by atoms with Crippen LogP contribution in [-0.4, -0.2) is 50.8 Å². The molecule has 0 aromatic carbocycles. The van der Waals surface area contributed by atoms with E-state index in [1.807, 2.05) is 25.7 Å². The fourth-order valence-corrected chi connectivity index (χ4v) is 4.01. The van der Waals surface area contributed by atoms with Crippen LogP contribution in [0.15, 0.2) is 30.7 Å². The Bertz CT molecular complexity index is 1150. The van der Waals surface area contributed by atoms with E-state index in [2.05, 4.69) is 20.5 Å². The first-order valence-corrected chi connectivity index (χ1v) is 11.1. The van der Waals surface area contributed by atoms with Crippen LogP contribution in [0.25, 0.3) is 5.65 Å². The van der Waals surface area contributed by atoms with E-state index in [1.165, 1.54) is 16.8 Å². The van der Waals surface area contributed by atoms with Gasteiger partial charge in [-0.1, -0.05) is 11.6 Å². The zero-order valence-corrected chi connectivity index (χ0v) is 19.5. The summed E-state index contributed by atoms with van der Waals surface area (Å²) in [6.45, 7) is 7.09. The molecule has 1 unspecified atom stereocenters. The van der Waals surface area contributed by atoms with Crippen LogP contribution in [-0.2, 0) is 9.57 Å². The molecule has 3 aromatic heterocycles. The number of halogens is 2. The van der Waals surface area contributed by atoms with Gasteiger partial charge in [0.15, 0.2) is 5.65 Å². The third-order valence-electron chi connectivity index (χ3n) is 5.22. The fraction of sp³-hybridized carbons (Fsp3) is 0.455. The van der Waals surface area contributed by atoms with Crippen molar-refractivity contribution in [3.05, 3.63) is 52.8 Å². The molecule has 3 aromatic rings. The Kier molecular flexibility index (Phi) is 6.78. The van der Waals surface area contributed by atoms with Crippen LogP contribution >= 0.6 is 11.6 Å². The van der Waals surface area contributed by atoms with Gasteiger partial charge in [0.25, 0.3) is 5.91 Å². The number of anilines is 1. The normalized spacial score (nSPS) is 16.5. The van der Waals surface area contributed by atoms with Crippen LogP contribution in [0.4, 0.5) is 10.2 Å². The SMILES string of the molecule is CC(C)(C)OCCONC(=O)c1cnn2ccc(N3CCCC3c3cc(F)cnc3Cl)nc12. The van der Waals surface area contributed by atoms with Crippen LogP contribution in [0.2, 0.25) is 5.15 Å². The molecule has 1 aliphatic rings. The smallest absolute Gasteiger partial charge is 0.280 e. The number of amides is 1. The van der Waals surface area contributed by atoms with Crippen molar-refractivity contribution in [3.8, 4) is 0 Å². The van der Waals surface area contributed by atoms with Gasteiger partial charge in [0, 0.05) is 18.3 Å². The number of rotatable bonds is 7. The van der Waals surface area contributed by atoms with Crippen molar-refractivity contribution in [1.82, 2.24) is 25.1 Å². The summed E-state index contributed by atoms with van der Waals surface area (Å²) in [6.07, 6.45) is 5.94. The Morgan fingerprint density at radius 2 is 2.15 bits per heavy atom. The van der Waals surface area contributed by atoms with E-state index in [-0.39, 0.29) is 29.0 Å². The minimum atomic E-state index is -0.458. The number of carbonyl (C=O) groups excluding carboxylic acids is 1. The van der Waals surface area contributed by atoms with Crippen LogP contribution in [0.3, 0.4) is 0 Å². The predicted octanol–water partition coefficient (Wildman–Crippen LogP) is 3.73. The lowest BCUT2D eigenvalue weighted by Crippen LogP contribution is -2.28. The molecule has 4 heterocycles. The van der Waals surface area contributed by atoms with E-state index in [4.69, 9.17) is 21.2 Å². The fourth-order valence-electron chi connectivity index (χ4n) is 3.78. The molecule has 1 aliphatic heterocycles. The first-order valence-electron chi connectivity index (χ1n) is 10.7. The van der Waals surface area contributed by atoms with Gasteiger partial charge in [0.2, 0.25) is 0 Å². The summed E-state index contributed by atoms with van der Waals surface area (Å²) in [4.78, 5) is 28.5. The molecular weight excluding hydrogens is 451 g/mol. The number of carbonyl (C=O) groups is 1. The maximum absolute atomic E-state index is 13.8. The standard InChI is InChI=1S/C22H26ClFN6O3/c1-22(2,3)32-9-10-33-28-21(31)16-13-26-30-8-6-18(27-20(16)30)29-7-4-5-17(29)15-11-14(24)12-25-19(15)23/h6,8,11-13,17H,4-5,7,9-10H2,1-3H3,(H,28,31). The first kappa shape index (κ1) is 23.3. The van der Waals surface area contributed by atoms with Crippen molar-refractivity contribution < 1.29 is 18.8 Å². The first-order chi connectivity index (χ1) is 15.7. The van der Waals surface area contributed by atoms with E-state index >= 15 is 0 Å². The second-order valence-electron chi connectivity index (χ2n) is 8.74. The number of nitrogens with one attached hydrogen (secondary N) is 1. The van der Waals surface area contributed by atoms with Crippen LogP contribution in [0, 0.1) is 5.82 Å². The summed E-state index contributed by atoms with van der Waals surface area (Å²) in [6, 6.07) is 3.05. The highest BCUT2D eigenvalue weighted by atomic mass is 35.5. The van der Waals surface area contributed by atoms with Gasteiger partial charge in [0.1, 0.15) is 22.4 Å². The van der Waals surface area contributed by atoms with E-state index in [0.29, 0.717) is 30.2 Å². The molecule has 176 valence electrons. The Balaban J connectivity index is 1.50. The van der Waals surface area contributed by atoms with Crippen molar-refractivity contribution in [2.75, 3.05) is 24.7 Å². The molecule has 33 heavy (non-hydrogen) atoms. The van der Waals surface area contributed by atoms with Crippen molar-refractivity contribution in [2.45, 2.75) is 45.3 Å². The van der Waals surface area contributed by atoms with Crippen molar-refractivity contribution >= 4 is 29.0 Å². The summed E-state index contributed by atoms with van der Waals surface area (Å²) in [5, 5.41) is 4.47. The van der Waals surface area contributed by atoms with Crippen LogP contribution in [0.5, 0.6) is 0 Å². The van der Waals surface area contributed by atoms with Gasteiger partial charge in [-0.15, -0.1) is 0 Å². The van der Waals surface area contributed by atoms with E-state index in [1.54, 1.807) is 12.3 Å². The summed E-state index contributed by atoms with van der Waals surface area (Å²) in [5.41, 5.74) is 3.40. The minimum Gasteiger partial charge on any atom is -0.373 e. The summed E-state index contributed by atoms with van der Waals surface area (Å²) in [5.74, 6) is -0.257. The number of pyridine rings is 1. The molecular formula is C22H26ClFN6O3. The summed E-state index contributed by atoms with van der Waals surface area (Å²) < 4.78 is 20.9. The van der Waals surface area contributed by atoms with Gasteiger partial charge in [0.05, 0.1) is 37.3 Å². The number of hydrogen-bond acceptors (Lipinski definition) is 7. The minimum absolute atomic E-state index is 0.165. The Morgan fingerprint density at radius 1 is 1.33 bits per heavy atom. The largest absolute Gasteiger partial charge is 0.373 e. The number of nitrogens with zero attached hydrogens (tertiary/aromatic N) is 5. The van der Waals surface area contributed by atoms with Crippen molar-refractivity contribution in [3.63, 3.8) is 0 Å². The van der Waals surface area contributed by atoms with Gasteiger partial charge >= 0.3 is 0 Å². The lowest BCUT2D eigenvalue weighted by atomic mass is 10.1. The highest BCUT2D eigenvalue weighted by Gasteiger charge is 2.30. The number of hydrogen-bond donors (Lipinski definition) is 1. The highest BCUT2D eigenvalue weighted by molar-refractivity contribution is 6.30. The molecule has 1 saturated heterocycles. The number of ether oxygens (including phenoxy) is 1. The zero-order valence-electron chi connectivity index (χ0n) is 18.7. The van der Waals surface area contributed by atoms with Gasteiger partial charge < -0.3 is 9.64 Å². The molecule has 1 N–H and O–H groups in total. The molecule has 4 rings (SSSR count). The molecule has 0 aliphatic carbocycles. The summed E-state index contributed by atoms with van der Waals surface area (Å²) in [7, 11) is 0. The highest BCUT2D eigenvalue weighted by Crippen LogP contribution is 2.38. The average molecular weight is 477 g/mol. The van der Waals surface area contributed by atoms with Gasteiger partial charge in [-0.25, -0.2) is 24.4 Å². The predicted molar refractivity (Wildman–Crippen MR) is 121 cm³/mol. The molecule has 0 saturated carbocycles. The molecule has 9 nitrogen and oxygen atoms in total.